The predicted octanol–water partition coefficient (Wildman–Crippen LogP) is 3.57. The number of thiophene rings is 1. The van der Waals surface area contributed by atoms with Gasteiger partial charge in [0.1, 0.15) is 5.75 Å². The molecule has 0 fully saturated rings. The molecule has 0 saturated heterocycles. The second-order valence-corrected chi connectivity index (χ2v) is 6.17. The summed E-state index contributed by atoms with van der Waals surface area (Å²) in [6.45, 7) is 6.81. The minimum absolute atomic E-state index is 0.0543. The molecule has 1 aromatic carbocycles. The van der Waals surface area contributed by atoms with Crippen molar-refractivity contribution in [2.45, 2.75) is 19.9 Å². The lowest BCUT2D eigenvalue weighted by Gasteiger charge is -2.29. The fraction of sp³-hybridized carbons (Fsp3) is 0.389. The Labute approximate surface area is 142 Å². The number of amides is 1. The van der Waals surface area contributed by atoms with Gasteiger partial charge in [-0.1, -0.05) is 19.9 Å². The molecule has 1 N–H and O–H groups in total. The molecule has 2 rings (SSSR count). The number of nitrogens with zero attached hydrogens (tertiary/aromatic N) is 1. The Morgan fingerprint density at radius 2 is 1.91 bits per heavy atom. The molecule has 1 amide bonds. The van der Waals surface area contributed by atoms with E-state index in [2.05, 4.69) is 41.6 Å². The number of hydrogen-bond acceptors (Lipinski definition) is 4. The van der Waals surface area contributed by atoms with E-state index in [0.717, 1.165) is 18.8 Å². The number of likely N-dealkylation sites (N-methyl/N-ethyl adjacent to an activating group) is 1. The third-order valence-corrected chi connectivity index (χ3v) is 4.91. The number of nitrogens with one attached hydrogen (secondary N) is 1. The highest BCUT2D eigenvalue weighted by Crippen LogP contribution is 2.24. The Balaban J connectivity index is 2.03. The Morgan fingerprint density at radius 1 is 1.22 bits per heavy atom. The van der Waals surface area contributed by atoms with Crippen molar-refractivity contribution in [3.63, 3.8) is 0 Å². The topological polar surface area (TPSA) is 41.6 Å². The molecule has 0 bridgehead atoms. The first kappa shape index (κ1) is 17.5. The minimum Gasteiger partial charge on any atom is -0.497 e. The molecule has 1 heterocycles. The van der Waals surface area contributed by atoms with Crippen LogP contribution in [0.3, 0.4) is 0 Å². The van der Waals surface area contributed by atoms with Gasteiger partial charge in [0.25, 0.3) is 5.91 Å². The maximum atomic E-state index is 12.4. The van der Waals surface area contributed by atoms with Crippen molar-refractivity contribution < 1.29 is 9.53 Å². The van der Waals surface area contributed by atoms with E-state index in [4.69, 9.17) is 4.74 Å². The van der Waals surface area contributed by atoms with Crippen LogP contribution in [0.1, 0.15) is 35.1 Å². The van der Waals surface area contributed by atoms with Crippen LogP contribution in [0.5, 0.6) is 5.75 Å². The molecule has 0 radical (unpaired) electrons. The van der Waals surface area contributed by atoms with Crippen LogP contribution in [0.4, 0.5) is 0 Å². The molecule has 0 aliphatic carbocycles. The van der Waals surface area contributed by atoms with Crippen molar-refractivity contribution in [3.8, 4) is 5.75 Å². The number of carbonyl (C=O) groups is 1. The van der Waals surface area contributed by atoms with Crippen molar-refractivity contribution in [1.29, 1.82) is 0 Å². The number of benzene rings is 1. The van der Waals surface area contributed by atoms with E-state index in [0.29, 0.717) is 12.1 Å². The number of methoxy groups -OCH3 is 1. The van der Waals surface area contributed by atoms with E-state index in [9.17, 15) is 4.79 Å². The fourth-order valence-corrected chi connectivity index (χ4v) is 3.45. The lowest BCUT2D eigenvalue weighted by atomic mass is 10.1. The molecular formula is C18H24N2O2S. The second kappa shape index (κ2) is 8.70. The van der Waals surface area contributed by atoms with Gasteiger partial charge in [-0.2, -0.15) is 0 Å². The molecular weight excluding hydrogens is 308 g/mol. The third-order valence-electron chi connectivity index (χ3n) is 3.93. The van der Waals surface area contributed by atoms with Crippen LogP contribution in [0.2, 0.25) is 0 Å². The minimum atomic E-state index is -0.0543. The van der Waals surface area contributed by atoms with Crippen LogP contribution in [0.25, 0.3) is 0 Å². The van der Waals surface area contributed by atoms with Crippen LogP contribution < -0.4 is 10.1 Å². The van der Waals surface area contributed by atoms with E-state index in [1.54, 1.807) is 42.7 Å². The molecule has 23 heavy (non-hydrogen) atoms. The number of rotatable bonds is 8. The van der Waals surface area contributed by atoms with Crippen molar-refractivity contribution in [2.75, 3.05) is 26.7 Å². The van der Waals surface area contributed by atoms with Crippen molar-refractivity contribution in [1.82, 2.24) is 10.2 Å². The summed E-state index contributed by atoms with van der Waals surface area (Å²) in [5.74, 6) is 0.697. The average molecular weight is 332 g/mol. The summed E-state index contributed by atoms with van der Waals surface area (Å²) in [7, 11) is 1.62. The normalized spacial score (nSPS) is 12.2. The van der Waals surface area contributed by atoms with Crippen molar-refractivity contribution >= 4 is 17.2 Å². The maximum Gasteiger partial charge on any atom is 0.251 e. The van der Waals surface area contributed by atoms with Gasteiger partial charge in [0.05, 0.1) is 13.2 Å². The quantitative estimate of drug-likeness (QED) is 0.803. The van der Waals surface area contributed by atoms with Gasteiger partial charge in [-0.15, -0.1) is 11.3 Å². The summed E-state index contributed by atoms with van der Waals surface area (Å²) in [5.41, 5.74) is 0.648. The SMILES string of the molecule is CCN(CC)C(CNC(=O)c1ccc(OC)cc1)c1cccs1. The number of carbonyl (C=O) groups excluding carboxylic acids is 1. The largest absolute Gasteiger partial charge is 0.497 e. The van der Waals surface area contributed by atoms with E-state index >= 15 is 0 Å². The molecule has 1 atom stereocenters. The monoisotopic (exact) mass is 332 g/mol. The lowest BCUT2D eigenvalue weighted by molar-refractivity contribution is 0.0935. The van der Waals surface area contributed by atoms with Gasteiger partial charge in [0, 0.05) is 17.0 Å². The van der Waals surface area contributed by atoms with Crippen LogP contribution in [0.15, 0.2) is 41.8 Å². The molecule has 4 nitrogen and oxygen atoms in total. The van der Waals surface area contributed by atoms with Crippen LogP contribution in [0, 0.1) is 0 Å². The first-order valence-electron chi connectivity index (χ1n) is 7.89. The molecule has 0 spiro atoms. The second-order valence-electron chi connectivity index (χ2n) is 5.19. The summed E-state index contributed by atoms with van der Waals surface area (Å²) in [6.07, 6.45) is 0. The molecule has 0 aliphatic heterocycles. The fourth-order valence-electron chi connectivity index (χ4n) is 2.59. The zero-order chi connectivity index (χ0) is 16.7. The van der Waals surface area contributed by atoms with E-state index in [1.807, 2.05) is 0 Å². The van der Waals surface area contributed by atoms with Gasteiger partial charge < -0.3 is 10.1 Å². The highest BCUT2D eigenvalue weighted by molar-refractivity contribution is 7.10. The molecule has 0 saturated carbocycles. The summed E-state index contributed by atoms with van der Waals surface area (Å²) in [5, 5.41) is 5.14. The zero-order valence-electron chi connectivity index (χ0n) is 13.9. The number of hydrogen-bond donors (Lipinski definition) is 1. The third kappa shape index (κ3) is 4.56. The maximum absolute atomic E-state index is 12.4. The zero-order valence-corrected chi connectivity index (χ0v) is 14.7. The van der Waals surface area contributed by atoms with Crippen molar-refractivity contribution in [3.05, 3.63) is 52.2 Å². The highest BCUT2D eigenvalue weighted by atomic mass is 32.1. The average Bonchev–Trinajstić information content (AvgIpc) is 3.12. The summed E-state index contributed by atoms with van der Waals surface area (Å²) in [4.78, 5) is 16.0. The molecule has 2 aromatic rings. The van der Waals surface area contributed by atoms with Gasteiger partial charge in [0.15, 0.2) is 0 Å². The molecule has 124 valence electrons. The van der Waals surface area contributed by atoms with Crippen LogP contribution in [-0.4, -0.2) is 37.6 Å². The summed E-state index contributed by atoms with van der Waals surface area (Å²) < 4.78 is 5.12. The van der Waals surface area contributed by atoms with Gasteiger partial charge in [0.2, 0.25) is 0 Å². The van der Waals surface area contributed by atoms with Gasteiger partial charge in [-0.05, 0) is 48.8 Å². The molecule has 1 unspecified atom stereocenters. The van der Waals surface area contributed by atoms with E-state index in [1.165, 1.54) is 4.88 Å². The summed E-state index contributed by atoms with van der Waals surface area (Å²) >= 11 is 1.73. The summed E-state index contributed by atoms with van der Waals surface area (Å²) in [6, 6.07) is 11.6. The Hall–Kier alpha value is -1.85. The molecule has 0 aliphatic rings. The smallest absolute Gasteiger partial charge is 0.251 e. The Morgan fingerprint density at radius 3 is 2.43 bits per heavy atom. The van der Waals surface area contributed by atoms with Crippen molar-refractivity contribution in [2.24, 2.45) is 0 Å². The van der Waals surface area contributed by atoms with Gasteiger partial charge in [-0.3, -0.25) is 9.69 Å². The molecule has 5 heteroatoms. The molecule has 1 aromatic heterocycles. The van der Waals surface area contributed by atoms with Gasteiger partial charge in [-0.25, -0.2) is 0 Å². The lowest BCUT2D eigenvalue weighted by Crippen LogP contribution is -2.37. The standard InChI is InChI=1S/C18H24N2O2S/c1-4-20(5-2)16(17-7-6-12-23-17)13-19-18(21)14-8-10-15(22-3)11-9-14/h6-12,16H,4-5,13H2,1-3H3,(H,19,21). The Kier molecular flexibility index (Phi) is 6.62. The van der Waals surface area contributed by atoms with Crippen LogP contribution >= 0.6 is 11.3 Å². The van der Waals surface area contributed by atoms with E-state index < -0.39 is 0 Å². The first-order chi connectivity index (χ1) is 11.2. The Bertz CT molecular complexity index is 592. The number of ether oxygens (including phenoxy) is 1. The van der Waals surface area contributed by atoms with Gasteiger partial charge >= 0.3 is 0 Å². The predicted molar refractivity (Wildman–Crippen MR) is 95.3 cm³/mol. The van der Waals surface area contributed by atoms with E-state index in [-0.39, 0.29) is 11.9 Å². The van der Waals surface area contributed by atoms with Crippen LogP contribution in [-0.2, 0) is 0 Å². The first-order valence-corrected chi connectivity index (χ1v) is 8.77. The highest BCUT2D eigenvalue weighted by Gasteiger charge is 2.20.